The van der Waals surface area contributed by atoms with E-state index in [9.17, 15) is 14.4 Å². The fourth-order valence-corrected chi connectivity index (χ4v) is 10.5. The Morgan fingerprint density at radius 1 is 0.263 bits per heavy atom. The third-order valence-corrected chi connectivity index (χ3v) is 15.8. The maximum absolute atomic E-state index is 12.9. The number of hydrogen-bond donors (Lipinski definition) is 0. The first-order chi connectivity index (χ1) is 39.5. The van der Waals surface area contributed by atoms with Gasteiger partial charge in [0.05, 0.1) is 0 Å². The molecule has 1 atom stereocenters. The monoisotopic (exact) mass is 1120 g/mol. The minimum Gasteiger partial charge on any atom is -0.462 e. The predicted molar refractivity (Wildman–Crippen MR) is 348 cm³/mol. The van der Waals surface area contributed by atoms with Gasteiger partial charge in [-0.05, 0) is 83.5 Å². The second kappa shape index (κ2) is 68.6. The summed E-state index contributed by atoms with van der Waals surface area (Å²) in [5.74, 6) is -0.845. The fourth-order valence-electron chi connectivity index (χ4n) is 10.5. The Kier molecular flexibility index (Phi) is 66.1. The van der Waals surface area contributed by atoms with Gasteiger partial charge in [0.2, 0.25) is 0 Å². The van der Waals surface area contributed by atoms with Gasteiger partial charge in [0.25, 0.3) is 0 Å². The van der Waals surface area contributed by atoms with E-state index in [1.165, 1.54) is 250 Å². The van der Waals surface area contributed by atoms with Gasteiger partial charge in [-0.2, -0.15) is 0 Å². The third kappa shape index (κ3) is 65.9. The van der Waals surface area contributed by atoms with Crippen LogP contribution in [0, 0.1) is 0 Å². The molecule has 0 aliphatic rings. The van der Waals surface area contributed by atoms with Gasteiger partial charge in [0.15, 0.2) is 6.10 Å². The van der Waals surface area contributed by atoms with Crippen LogP contribution in [0.15, 0.2) is 60.8 Å². The Balaban J connectivity index is 4.22. The lowest BCUT2D eigenvalue weighted by Crippen LogP contribution is -2.30. The number of carbonyl (C=O) groups is 3. The molecule has 0 aromatic carbocycles. The molecule has 1 unspecified atom stereocenters. The van der Waals surface area contributed by atoms with Crippen molar-refractivity contribution in [1.29, 1.82) is 0 Å². The van der Waals surface area contributed by atoms with Crippen LogP contribution in [0.1, 0.15) is 374 Å². The Morgan fingerprint density at radius 2 is 0.487 bits per heavy atom. The van der Waals surface area contributed by atoms with Crippen molar-refractivity contribution in [2.24, 2.45) is 0 Å². The van der Waals surface area contributed by atoms with Crippen LogP contribution in [0.4, 0.5) is 0 Å². The number of ether oxygens (including phenoxy) is 3. The molecule has 0 radical (unpaired) electrons. The van der Waals surface area contributed by atoms with E-state index in [0.29, 0.717) is 19.3 Å². The van der Waals surface area contributed by atoms with Crippen LogP contribution in [0.5, 0.6) is 0 Å². The van der Waals surface area contributed by atoms with Crippen LogP contribution in [0.3, 0.4) is 0 Å². The molecule has 0 aliphatic heterocycles. The highest BCUT2D eigenvalue weighted by Crippen LogP contribution is 2.18. The molecule has 0 N–H and O–H groups in total. The van der Waals surface area contributed by atoms with Crippen molar-refractivity contribution < 1.29 is 28.6 Å². The summed E-state index contributed by atoms with van der Waals surface area (Å²) in [4.78, 5) is 38.4. The molecular weight excluding hydrogens is 985 g/mol. The lowest BCUT2D eigenvalue weighted by molar-refractivity contribution is -0.167. The molecular formula is C74H134O6. The Labute approximate surface area is 498 Å². The molecule has 0 aromatic heterocycles. The van der Waals surface area contributed by atoms with Crippen LogP contribution in [0.25, 0.3) is 0 Å². The van der Waals surface area contributed by atoms with Gasteiger partial charge in [-0.15, -0.1) is 0 Å². The molecule has 0 bridgehead atoms. The summed E-state index contributed by atoms with van der Waals surface area (Å²) in [5, 5.41) is 0. The zero-order chi connectivity index (χ0) is 57.8. The topological polar surface area (TPSA) is 78.9 Å². The zero-order valence-electron chi connectivity index (χ0n) is 53.6. The molecule has 80 heavy (non-hydrogen) atoms. The van der Waals surface area contributed by atoms with Crippen molar-refractivity contribution in [2.75, 3.05) is 13.2 Å². The summed E-state index contributed by atoms with van der Waals surface area (Å²) in [7, 11) is 0. The first kappa shape index (κ1) is 77.1. The average molecular weight is 1120 g/mol. The largest absolute Gasteiger partial charge is 0.462 e. The first-order valence-electron chi connectivity index (χ1n) is 35.3. The molecule has 0 spiro atoms. The molecule has 0 saturated heterocycles. The lowest BCUT2D eigenvalue weighted by Gasteiger charge is -2.18. The normalized spacial score (nSPS) is 12.4. The molecule has 0 heterocycles. The summed E-state index contributed by atoms with van der Waals surface area (Å²) < 4.78 is 17.0. The predicted octanol–water partition coefficient (Wildman–Crippen LogP) is 24.3. The SMILES string of the molecule is CC/C=C\C/C=C\C/C=C\C/C=C\CCCCCCCCCCCCCCCCCCC(=O)OCC(COC(=O)CCCCCCCCCCCCCCCC)OC(=O)CCCCCCCCCCC/C=C\CCCCCCCC. The molecule has 0 aliphatic carbocycles. The number of rotatable bonds is 65. The fraction of sp³-hybridized carbons (Fsp3) is 0.824. The van der Waals surface area contributed by atoms with E-state index >= 15 is 0 Å². The number of carbonyl (C=O) groups excluding carboxylic acids is 3. The maximum Gasteiger partial charge on any atom is 0.306 e. The van der Waals surface area contributed by atoms with Gasteiger partial charge >= 0.3 is 17.9 Å². The quantitative estimate of drug-likeness (QED) is 0.0261. The Bertz CT molecular complexity index is 1430. The molecule has 0 amide bonds. The van der Waals surface area contributed by atoms with Crippen molar-refractivity contribution in [3.8, 4) is 0 Å². The van der Waals surface area contributed by atoms with Crippen molar-refractivity contribution in [2.45, 2.75) is 380 Å². The summed E-state index contributed by atoms with van der Waals surface area (Å²) in [6.45, 7) is 6.59. The second-order valence-electron chi connectivity index (χ2n) is 23.8. The van der Waals surface area contributed by atoms with E-state index in [0.717, 1.165) is 83.5 Å². The first-order valence-corrected chi connectivity index (χ1v) is 35.3. The van der Waals surface area contributed by atoms with E-state index in [1.807, 2.05) is 0 Å². The number of unbranched alkanes of at least 4 members (excludes halogenated alkanes) is 44. The van der Waals surface area contributed by atoms with Crippen molar-refractivity contribution in [3.05, 3.63) is 60.8 Å². The minimum atomic E-state index is -0.773. The van der Waals surface area contributed by atoms with Gasteiger partial charge in [0.1, 0.15) is 13.2 Å². The lowest BCUT2D eigenvalue weighted by atomic mass is 10.0. The van der Waals surface area contributed by atoms with E-state index in [-0.39, 0.29) is 31.1 Å². The van der Waals surface area contributed by atoms with Crippen LogP contribution >= 0.6 is 0 Å². The van der Waals surface area contributed by atoms with Crippen molar-refractivity contribution in [3.63, 3.8) is 0 Å². The highest BCUT2D eigenvalue weighted by molar-refractivity contribution is 5.71. The molecule has 0 fully saturated rings. The van der Waals surface area contributed by atoms with Crippen LogP contribution in [-0.2, 0) is 28.6 Å². The third-order valence-electron chi connectivity index (χ3n) is 15.8. The number of hydrogen-bond acceptors (Lipinski definition) is 6. The van der Waals surface area contributed by atoms with Crippen LogP contribution in [0.2, 0.25) is 0 Å². The standard InChI is InChI=1S/C74H134O6/c1-4-7-10-13-16-19-22-25-28-30-32-33-34-35-36-37-38-39-40-41-43-44-46-49-52-55-58-61-64-67-73(76)79-70-71(69-78-72(75)66-63-60-57-54-51-48-27-24-21-18-15-12-9-6-3)80-74(77)68-65-62-59-56-53-50-47-45-42-31-29-26-23-20-17-14-11-8-5-2/h7,10,16,19,25-26,28-29,32-33,71H,4-6,8-9,11-15,17-18,20-24,27,30-31,34-70H2,1-3H3/b10-7-,19-16-,28-25-,29-26-,33-32-. The van der Waals surface area contributed by atoms with Gasteiger partial charge in [0, 0.05) is 19.3 Å². The maximum atomic E-state index is 12.9. The zero-order valence-corrected chi connectivity index (χ0v) is 53.6. The molecule has 0 aromatic rings. The summed E-state index contributed by atoms with van der Waals surface area (Å²) in [6, 6.07) is 0. The summed E-state index contributed by atoms with van der Waals surface area (Å²) in [6.07, 6.45) is 88.2. The highest BCUT2D eigenvalue weighted by Gasteiger charge is 2.19. The van der Waals surface area contributed by atoms with Gasteiger partial charge < -0.3 is 14.2 Å². The van der Waals surface area contributed by atoms with E-state index < -0.39 is 6.10 Å². The smallest absolute Gasteiger partial charge is 0.306 e. The van der Waals surface area contributed by atoms with Crippen molar-refractivity contribution >= 4 is 17.9 Å². The van der Waals surface area contributed by atoms with E-state index in [4.69, 9.17) is 14.2 Å². The highest BCUT2D eigenvalue weighted by atomic mass is 16.6. The molecule has 0 rings (SSSR count). The van der Waals surface area contributed by atoms with E-state index in [2.05, 4.69) is 81.5 Å². The summed E-state index contributed by atoms with van der Waals surface area (Å²) in [5.41, 5.74) is 0. The summed E-state index contributed by atoms with van der Waals surface area (Å²) >= 11 is 0. The average Bonchev–Trinajstić information content (AvgIpc) is 3.46. The van der Waals surface area contributed by atoms with E-state index in [1.54, 1.807) is 0 Å². The number of allylic oxidation sites excluding steroid dienone is 10. The van der Waals surface area contributed by atoms with Crippen molar-refractivity contribution in [1.82, 2.24) is 0 Å². The minimum absolute atomic E-state index is 0.0689. The molecule has 6 nitrogen and oxygen atoms in total. The van der Waals surface area contributed by atoms with Crippen LogP contribution in [-0.4, -0.2) is 37.2 Å². The molecule has 0 saturated carbocycles. The number of esters is 3. The second-order valence-corrected chi connectivity index (χ2v) is 23.8. The molecule has 466 valence electrons. The van der Waals surface area contributed by atoms with Gasteiger partial charge in [-0.25, -0.2) is 0 Å². The van der Waals surface area contributed by atoms with Gasteiger partial charge in [-0.3, -0.25) is 14.4 Å². The Morgan fingerprint density at radius 3 is 0.775 bits per heavy atom. The van der Waals surface area contributed by atoms with Crippen LogP contribution < -0.4 is 0 Å². The Hall–Kier alpha value is -2.89. The molecule has 6 heteroatoms. The van der Waals surface area contributed by atoms with Gasteiger partial charge in [-0.1, -0.05) is 332 Å².